The van der Waals surface area contributed by atoms with Crippen LogP contribution in [0.3, 0.4) is 0 Å². The number of benzene rings is 1. The molecule has 0 spiro atoms. The molecule has 2 amide bonds. The molecular formula is C11H12N4O2. The first-order chi connectivity index (χ1) is 8.06. The van der Waals surface area contributed by atoms with E-state index < -0.39 is 5.91 Å². The zero-order valence-corrected chi connectivity index (χ0v) is 9.30. The topological polar surface area (TPSA) is 87.8 Å². The number of amides is 2. The van der Waals surface area contributed by atoms with Gasteiger partial charge in [-0.05, 0) is 24.3 Å². The van der Waals surface area contributed by atoms with Gasteiger partial charge in [-0.3, -0.25) is 14.9 Å². The predicted octanol–water partition coefficient (Wildman–Crippen LogP) is -0.173. The number of nitrogen functional groups attached to an aromatic ring is 1. The van der Waals surface area contributed by atoms with Crippen LogP contribution in [-0.2, 0) is 4.79 Å². The van der Waals surface area contributed by atoms with Crippen molar-refractivity contribution in [3.05, 3.63) is 29.8 Å². The first-order valence-electron chi connectivity index (χ1n) is 5.06. The first-order valence-corrected chi connectivity index (χ1v) is 5.06. The third-order valence-electron chi connectivity index (χ3n) is 2.36. The van der Waals surface area contributed by atoms with E-state index in [1.807, 2.05) is 0 Å². The second-order valence-electron chi connectivity index (χ2n) is 3.77. The van der Waals surface area contributed by atoms with E-state index in [9.17, 15) is 9.59 Å². The molecule has 0 bridgehead atoms. The number of guanidine groups is 1. The second kappa shape index (κ2) is 4.25. The van der Waals surface area contributed by atoms with E-state index in [2.05, 4.69) is 10.3 Å². The van der Waals surface area contributed by atoms with Crippen molar-refractivity contribution in [2.75, 3.05) is 19.3 Å². The van der Waals surface area contributed by atoms with Crippen molar-refractivity contribution in [3.63, 3.8) is 0 Å². The highest BCUT2D eigenvalue weighted by Crippen LogP contribution is 2.07. The van der Waals surface area contributed by atoms with E-state index in [0.717, 1.165) is 0 Å². The number of carbonyl (C=O) groups is 2. The molecule has 3 N–H and O–H groups in total. The standard InChI is InChI=1S/C11H12N4O2/c1-15-6-9(16)13-11(15)14-10(17)7-2-4-8(12)5-3-7/h2-5H,6,12H2,1H3,(H,13,14,16,17). The Morgan fingerprint density at radius 2 is 2.06 bits per heavy atom. The number of aliphatic imine (C=N–C) groups is 1. The minimum Gasteiger partial charge on any atom is -0.399 e. The molecule has 1 saturated heterocycles. The number of nitrogens with two attached hydrogens (primary N) is 1. The van der Waals surface area contributed by atoms with Crippen LogP contribution in [0.4, 0.5) is 5.69 Å². The molecular weight excluding hydrogens is 220 g/mol. The van der Waals surface area contributed by atoms with Gasteiger partial charge < -0.3 is 10.6 Å². The summed E-state index contributed by atoms with van der Waals surface area (Å²) in [5, 5.41) is 2.51. The van der Waals surface area contributed by atoms with Crippen LogP contribution in [-0.4, -0.2) is 36.3 Å². The van der Waals surface area contributed by atoms with E-state index in [1.54, 1.807) is 36.2 Å². The smallest absolute Gasteiger partial charge is 0.280 e. The Labute approximate surface area is 98.1 Å². The molecule has 1 fully saturated rings. The van der Waals surface area contributed by atoms with Crippen molar-refractivity contribution in [3.8, 4) is 0 Å². The van der Waals surface area contributed by atoms with Gasteiger partial charge in [0, 0.05) is 18.3 Å². The third-order valence-corrected chi connectivity index (χ3v) is 2.36. The third kappa shape index (κ3) is 2.41. The van der Waals surface area contributed by atoms with Gasteiger partial charge in [0.2, 0.25) is 11.9 Å². The summed E-state index contributed by atoms with van der Waals surface area (Å²) in [6.45, 7) is 0.216. The summed E-state index contributed by atoms with van der Waals surface area (Å²) in [5.41, 5.74) is 6.53. The minimum absolute atomic E-state index is 0.170. The highest BCUT2D eigenvalue weighted by Gasteiger charge is 2.22. The van der Waals surface area contributed by atoms with E-state index in [0.29, 0.717) is 11.3 Å². The summed E-state index contributed by atoms with van der Waals surface area (Å²) in [7, 11) is 1.69. The number of nitrogens with one attached hydrogen (secondary N) is 1. The largest absolute Gasteiger partial charge is 0.399 e. The quantitative estimate of drug-likeness (QED) is 0.658. The molecule has 17 heavy (non-hydrogen) atoms. The van der Waals surface area contributed by atoms with Gasteiger partial charge in [-0.15, -0.1) is 0 Å². The fraction of sp³-hybridized carbons (Fsp3) is 0.182. The number of anilines is 1. The lowest BCUT2D eigenvalue weighted by atomic mass is 10.2. The van der Waals surface area contributed by atoms with Crippen molar-refractivity contribution >= 4 is 23.5 Å². The molecule has 6 heteroatoms. The Morgan fingerprint density at radius 3 is 2.59 bits per heavy atom. The van der Waals surface area contributed by atoms with Gasteiger partial charge >= 0.3 is 0 Å². The SMILES string of the molecule is CN1CC(=O)NC1=NC(=O)c1ccc(N)cc1. The number of nitrogens with zero attached hydrogens (tertiary/aromatic N) is 2. The van der Waals surface area contributed by atoms with Gasteiger partial charge in [0.25, 0.3) is 5.91 Å². The monoisotopic (exact) mass is 232 g/mol. The molecule has 6 nitrogen and oxygen atoms in total. The van der Waals surface area contributed by atoms with Crippen LogP contribution in [0.25, 0.3) is 0 Å². The zero-order chi connectivity index (χ0) is 12.4. The lowest BCUT2D eigenvalue weighted by Gasteiger charge is -2.07. The summed E-state index contributed by atoms with van der Waals surface area (Å²) in [6, 6.07) is 6.45. The summed E-state index contributed by atoms with van der Waals surface area (Å²) in [6.07, 6.45) is 0. The lowest BCUT2D eigenvalue weighted by Crippen LogP contribution is -2.28. The van der Waals surface area contributed by atoms with Crippen LogP contribution < -0.4 is 11.1 Å². The molecule has 1 aliphatic heterocycles. The molecule has 88 valence electrons. The Bertz CT molecular complexity index is 493. The predicted molar refractivity (Wildman–Crippen MR) is 63.4 cm³/mol. The Morgan fingerprint density at radius 1 is 1.41 bits per heavy atom. The minimum atomic E-state index is -0.408. The Kier molecular flexibility index (Phi) is 2.78. The van der Waals surface area contributed by atoms with Crippen molar-refractivity contribution < 1.29 is 9.59 Å². The average Bonchev–Trinajstić information content (AvgIpc) is 2.58. The number of hydrogen-bond acceptors (Lipinski definition) is 3. The van der Waals surface area contributed by atoms with Crippen molar-refractivity contribution in [2.45, 2.75) is 0 Å². The van der Waals surface area contributed by atoms with Gasteiger partial charge in [-0.2, -0.15) is 4.99 Å². The highest BCUT2D eigenvalue weighted by molar-refractivity contribution is 6.10. The summed E-state index contributed by atoms with van der Waals surface area (Å²) in [5.74, 6) is -0.303. The number of carbonyl (C=O) groups excluding carboxylic acids is 2. The van der Waals surface area contributed by atoms with Gasteiger partial charge in [-0.1, -0.05) is 0 Å². The second-order valence-corrected chi connectivity index (χ2v) is 3.77. The highest BCUT2D eigenvalue weighted by atomic mass is 16.2. The van der Waals surface area contributed by atoms with E-state index in [-0.39, 0.29) is 18.4 Å². The maximum atomic E-state index is 11.8. The van der Waals surface area contributed by atoms with E-state index in [1.165, 1.54) is 0 Å². The number of likely N-dealkylation sites (N-methyl/N-ethyl adjacent to an activating group) is 1. The molecule has 0 atom stereocenters. The molecule has 0 saturated carbocycles. The van der Waals surface area contributed by atoms with Crippen LogP contribution in [0.2, 0.25) is 0 Å². The number of rotatable bonds is 1. The fourth-order valence-electron chi connectivity index (χ4n) is 1.45. The van der Waals surface area contributed by atoms with Gasteiger partial charge in [0.1, 0.15) is 0 Å². The molecule has 1 heterocycles. The summed E-state index contributed by atoms with van der Waals surface area (Å²) < 4.78 is 0. The van der Waals surface area contributed by atoms with Crippen molar-refractivity contribution in [1.29, 1.82) is 0 Å². The molecule has 0 unspecified atom stereocenters. The molecule has 1 aromatic rings. The van der Waals surface area contributed by atoms with Crippen molar-refractivity contribution in [1.82, 2.24) is 10.2 Å². The Balaban J connectivity index is 2.19. The molecule has 0 aromatic heterocycles. The maximum Gasteiger partial charge on any atom is 0.280 e. The maximum absolute atomic E-state index is 11.8. The van der Waals surface area contributed by atoms with Crippen LogP contribution in [0, 0.1) is 0 Å². The normalized spacial score (nSPS) is 17.4. The summed E-state index contributed by atoms with van der Waals surface area (Å²) in [4.78, 5) is 28.2. The zero-order valence-electron chi connectivity index (χ0n) is 9.30. The fourth-order valence-corrected chi connectivity index (χ4v) is 1.45. The molecule has 0 radical (unpaired) electrons. The summed E-state index contributed by atoms with van der Waals surface area (Å²) >= 11 is 0. The lowest BCUT2D eigenvalue weighted by molar-refractivity contribution is -0.118. The van der Waals surface area contributed by atoms with Gasteiger partial charge in [0.05, 0.1) is 6.54 Å². The molecule has 1 aromatic carbocycles. The van der Waals surface area contributed by atoms with Crippen molar-refractivity contribution in [2.24, 2.45) is 4.99 Å². The molecule has 0 aliphatic carbocycles. The van der Waals surface area contributed by atoms with E-state index >= 15 is 0 Å². The van der Waals surface area contributed by atoms with E-state index in [4.69, 9.17) is 5.73 Å². The number of hydrogen-bond donors (Lipinski definition) is 2. The van der Waals surface area contributed by atoms with Crippen LogP contribution in [0.1, 0.15) is 10.4 Å². The van der Waals surface area contributed by atoms with Crippen LogP contribution >= 0.6 is 0 Å². The van der Waals surface area contributed by atoms with Gasteiger partial charge in [-0.25, -0.2) is 0 Å². The van der Waals surface area contributed by atoms with Crippen LogP contribution in [0.15, 0.2) is 29.3 Å². The Hall–Kier alpha value is -2.37. The van der Waals surface area contributed by atoms with Crippen LogP contribution in [0.5, 0.6) is 0 Å². The average molecular weight is 232 g/mol. The molecule has 2 rings (SSSR count). The molecule has 1 aliphatic rings. The first kappa shape index (κ1) is 11.1. The van der Waals surface area contributed by atoms with Gasteiger partial charge in [0.15, 0.2) is 0 Å².